The first kappa shape index (κ1) is 17.9. The maximum absolute atomic E-state index is 11.2. The minimum absolute atomic E-state index is 0.367. The van der Waals surface area contributed by atoms with Gasteiger partial charge in [-0.25, -0.2) is 16.8 Å². The van der Waals surface area contributed by atoms with Crippen molar-refractivity contribution in [2.45, 2.75) is 0 Å². The predicted octanol–water partition coefficient (Wildman–Crippen LogP) is 2.18. The number of rotatable bonds is 2. The summed E-state index contributed by atoms with van der Waals surface area (Å²) in [4.78, 5) is 0. The summed E-state index contributed by atoms with van der Waals surface area (Å²) in [6.07, 6.45) is 1.63. The Bertz CT molecular complexity index is 694. The highest BCUT2D eigenvalue weighted by Gasteiger charge is 2.30. The van der Waals surface area contributed by atoms with Crippen LogP contribution in [0.15, 0.2) is 28.9 Å². The van der Waals surface area contributed by atoms with Crippen molar-refractivity contribution < 1.29 is 16.8 Å². The minimum Gasteiger partial charge on any atom is -0.205 e. The Kier molecular flexibility index (Phi) is 5.32. The number of hydrogen-bond donors (Lipinski definition) is 0. The largest absolute Gasteiger partial charge is 0.250 e. The molecule has 12 heteroatoms. The first-order chi connectivity index (χ1) is 8.83. The van der Waals surface area contributed by atoms with Gasteiger partial charge in [-0.05, 0) is 0 Å². The molecule has 6 nitrogen and oxygen atoms in total. The standard InChI is InChI=1S/C8H6Cl4N2O4S2/c1-19(15,16)13-7-3(9)5(11)8(6(12)4(7)10)14-20(2,17)18/h1-2H3. The molecule has 0 radical (unpaired) electrons. The van der Waals surface area contributed by atoms with Gasteiger partial charge in [0.2, 0.25) is 0 Å². The van der Waals surface area contributed by atoms with Crippen LogP contribution in [-0.4, -0.2) is 40.8 Å². The van der Waals surface area contributed by atoms with Crippen molar-refractivity contribution in [3.8, 4) is 0 Å². The Morgan fingerprint density at radius 1 is 0.650 bits per heavy atom. The Morgan fingerprint density at radius 2 is 0.850 bits per heavy atom. The van der Waals surface area contributed by atoms with Crippen molar-refractivity contribution in [1.82, 2.24) is 0 Å². The fourth-order valence-corrected chi connectivity index (χ4v) is 3.33. The Balaban J connectivity index is 3.68. The van der Waals surface area contributed by atoms with Gasteiger partial charge in [0.1, 0.15) is 11.4 Å². The van der Waals surface area contributed by atoms with E-state index in [2.05, 4.69) is 8.80 Å². The van der Waals surface area contributed by atoms with Crippen LogP contribution in [0.4, 0.5) is 0 Å². The molecule has 0 saturated heterocycles. The van der Waals surface area contributed by atoms with Crippen LogP contribution in [0.5, 0.6) is 0 Å². The van der Waals surface area contributed by atoms with E-state index in [4.69, 9.17) is 46.4 Å². The summed E-state index contributed by atoms with van der Waals surface area (Å²) < 4.78 is 51.2. The molecule has 0 saturated carbocycles. The molecule has 0 bridgehead atoms. The first-order valence-electron chi connectivity index (χ1n) is 4.55. The molecular formula is C8H6Cl4N2O4S2. The summed E-state index contributed by atoms with van der Waals surface area (Å²) in [7, 11) is -7.63. The normalized spacial score (nSPS) is 17.7. The molecule has 1 aliphatic carbocycles. The molecule has 1 rings (SSSR count). The highest BCUT2D eigenvalue weighted by molar-refractivity contribution is 7.89. The molecule has 20 heavy (non-hydrogen) atoms. The zero-order valence-electron chi connectivity index (χ0n) is 9.86. The van der Waals surface area contributed by atoms with Crippen molar-refractivity contribution in [2.75, 3.05) is 12.5 Å². The second kappa shape index (κ2) is 5.94. The van der Waals surface area contributed by atoms with E-state index < -0.39 is 20.0 Å². The van der Waals surface area contributed by atoms with Gasteiger partial charge in [-0.1, -0.05) is 46.4 Å². The van der Waals surface area contributed by atoms with E-state index in [-0.39, 0.29) is 31.6 Å². The number of hydrogen-bond acceptors (Lipinski definition) is 4. The molecule has 0 aliphatic heterocycles. The van der Waals surface area contributed by atoms with Crippen molar-refractivity contribution in [1.29, 1.82) is 0 Å². The smallest absolute Gasteiger partial charge is 0.205 e. The molecule has 0 N–H and O–H groups in total. The second-order valence-electron chi connectivity index (χ2n) is 3.60. The summed E-state index contributed by atoms with van der Waals surface area (Å²) >= 11 is 23.3. The van der Waals surface area contributed by atoms with E-state index in [1.54, 1.807) is 0 Å². The molecule has 0 amide bonds. The van der Waals surface area contributed by atoms with Gasteiger partial charge in [0.25, 0.3) is 20.0 Å². The van der Waals surface area contributed by atoms with Crippen molar-refractivity contribution >= 4 is 77.9 Å². The molecule has 112 valence electrons. The molecular weight excluding hydrogens is 394 g/mol. The monoisotopic (exact) mass is 398 g/mol. The summed E-state index contributed by atoms with van der Waals surface area (Å²) in [6.45, 7) is 0. The van der Waals surface area contributed by atoms with Gasteiger partial charge in [-0.2, -0.15) is 8.80 Å². The maximum atomic E-state index is 11.2. The fourth-order valence-electron chi connectivity index (χ4n) is 1.10. The van der Waals surface area contributed by atoms with E-state index >= 15 is 0 Å². The van der Waals surface area contributed by atoms with Crippen molar-refractivity contribution in [3.05, 3.63) is 20.1 Å². The SMILES string of the molecule is CS(=O)(=O)N=C1C(Cl)=C(Cl)C(=NS(C)(=O)=O)C(Cl)=C1Cl. The van der Waals surface area contributed by atoms with Gasteiger partial charge in [-0.3, -0.25) is 0 Å². The van der Waals surface area contributed by atoms with Crippen LogP contribution >= 0.6 is 46.4 Å². The fraction of sp³-hybridized carbons (Fsp3) is 0.250. The lowest BCUT2D eigenvalue weighted by Gasteiger charge is -2.16. The number of sulfonamides is 2. The lowest BCUT2D eigenvalue weighted by Crippen LogP contribution is -2.18. The average Bonchev–Trinajstić information content (AvgIpc) is 2.25. The Hall–Kier alpha value is -0.120. The van der Waals surface area contributed by atoms with Gasteiger partial charge in [0.05, 0.1) is 32.6 Å². The summed E-state index contributed by atoms with van der Waals surface area (Å²) in [5.41, 5.74) is -0.753. The quantitative estimate of drug-likeness (QED) is 0.665. The van der Waals surface area contributed by atoms with Crippen LogP contribution in [0.25, 0.3) is 0 Å². The molecule has 0 heterocycles. The molecule has 0 fully saturated rings. The molecule has 1 aliphatic rings. The lowest BCUT2D eigenvalue weighted by atomic mass is 10.1. The summed E-state index contributed by atoms with van der Waals surface area (Å²) in [5, 5.41) is -1.47. The molecule has 0 aromatic heterocycles. The van der Waals surface area contributed by atoms with Crippen LogP contribution in [-0.2, 0) is 20.0 Å². The van der Waals surface area contributed by atoms with E-state index in [1.165, 1.54) is 0 Å². The number of nitrogens with zero attached hydrogens (tertiary/aromatic N) is 2. The topological polar surface area (TPSA) is 93.0 Å². The highest BCUT2D eigenvalue weighted by atomic mass is 35.5. The van der Waals surface area contributed by atoms with Crippen LogP contribution in [0.2, 0.25) is 0 Å². The lowest BCUT2D eigenvalue weighted by molar-refractivity contribution is 0.602. The molecule has 0 spiro atoms. The van der Waals surface area contributed by atoms with Gasteiger partial charge in [-0.15, -0.1) is 0 Å². The third kappa shape index (κ3) is 4.44. The first-order valence-corrected chi connectivity index (χ1v) is 9.76. The molecule has 0 atom stereocenters. The van der Waals surface area contributed by atoms with Gasteiger partial charge < -0.3 is 0 Å². The molecule has 0 aromatic rings. The number of halogens is 4. The van der Waals surface area contributed by atoms with Gasteiger partial charge in [0.15, 0.2) is 0 Å². The highest BCUT2D eigenvalue weighted by Crippen LogP contribution is 2.35. The van der Waals surface area contributed by atoms with Gasteiger partial charge in [0, 0.05) is 0 Å². The number of allylic oxidation sites excluding steroid dienone is 4. The molecule has 0 aromatic carbocycles. The summed E-state index contributed by atoms with van der Waals surface area (Å²) in [5.74, 6) is 0. The Morgan fingerprint density at radius 3 is 1.00 bits per heavy atom. The van der Waals surface area contributed by atoms with Gasteiger partial charge >= 0.3 is 0 Å². The predicted molar refractivity (Wildman–Crippen MR) is 82.0 cm³/mol. The van der Waals surface area contributed by atoms with Crippen LogP contribution in [0.1, 0.15) is 0 Å². The molecule has 0 unspecified atom stereocenters. The minimum atomic E-state index is -3.81. The Labute approximate surface area is 135 Å². The maximum Gasteiger partial charge on any atom is 0.250 e. The van der Waals surface area contributed by atoms with E-state index in [0.29, 0.717) is 0 Å². The second-order valence-corrected chi connectivity index (χ2v) is 8.41. The third-order valence-corrected chi connectivity index (χ3v) is 4.43. The van der Waals surface area contributed by atoms with Crippen LogP contribution in [0.3, 0.4) is 0 Å². The van der Waals surface area contributed by atoms with Crippen molar-refractivity contribution in [2.24, 2.45) is 8.80 Å². The van der Waals surface area contributed by atoms with Crippen LogP contribution in [0, 0.1) is 0 Å². The zero-order chi connectivity index (χ0) is 15.9. The van der Waals surface area contributed by atoms with E-state index in [9.17, 15) is 16.8 Å². The van der Waals surface area contributed by atoms with E-state index in [1.807, 2.05) is 0 Å². The average molecular weight is 400 g/mol. The third-order valence-electron chi connectivity index (χ3n) is 1.73. The van der Waals surface area contributed by atoms with E-state index in [0.717, 1.165) is 12.5 Å². The van der Waals surface area contributed by atoms with Crippen molar-refractivity contribution in [3.63, 3.8) is 0 Å². The summed E-state index contributed by atoms with van der Waals surface area (Å²) in [6, 6.07) is 0. The zero-order valence-corrected chi connectivity index (χ0v) is 14.5. The van der Waals surface area contributed by atoms with Crippen LogP contribution < -0.4 is 0 Å².